The fraction of sp³-hybridized carbons (Fsp3) is 0.167. The van der Waals surface area contributed by atoms with Gasteiger partial charge in [0.15, 0.2) is 0 Å². The topological polar surface area (TPSA) is 35.2 Å². The average Bonchev–Trinajstić information content (AvgIpc) is 3.27. The van der Waals surface area contributed by atoms with Crippen molar-refractivity contribution in [1.29, 1.82) is 0 Å². The molecule has 4 nitrogen and oxygen atoms in total. The predicted molar refractivity (Wildman–Crippen MR) is 141 cm³/mol. The summed E-state index contributed by atoms with van der Waals surface area (Å²) in [4.78, 5) is 12.8. The number of anilines is 1. The van der Waals surface area contributed by atoms with Crippen LogP contribution in [0.15, 0.2) is 79.0 Å². The van der Waals surface area contributed by atoms with E-state index in [9.17, 15) is 4.39 Å². The molecule has 5 heteroatoms. The zero-order valence-electron chi connectivity index (χ0n) is 19.6. The highest BCUT2D eigenvalue weighted by molar-refractivity contribution is 6.09. The lowest BCUT2D eigenvalue weighted by Gasteiger charge is -2.34. The van der Waals surface area contributed by atoms with Crippen LogP contribution in [0.25, 0.3) is 33.1 Å². The van der Waals surface area contributed by atoms with Gasteiger partial charge in [-0.25, -0.2) is 9.37 Å². The zero-order valence-corrected chi connectivity index (χ0v) is 19.6. The summed E-state index contributed by atoms with van der Waals surface area (Å²) >= 11 is 0. The smallest absolute Gasteiger partial charge is 0.139 e. The maximum atomic E-state index is 13.2. The molecule has 1 aliphatic rings. The molecule has 5 aromatic rings. The van der Waals surface area contributed by atoms with Crippen molar-refractivity contribution in [3.63, 3.8) is 0 Å². The van der Waals surface area contributed by atoms with Crippen LogP contribution in [0.4, 0.5) is 10.1 Å². The standard InChI is InChI=1S/C30H25FN4/c1-34-16-18-35(19-17-34)26-11-6-22(7-12-26)24-8-13-28-27(20-24)29-23(14-15-32-30(29)33-28)5-2-21-3-9-25(31)10-4-21/h3-4,6-15,20H,16-19H2,1H3,(H,32,33). The number of aromatic amines is 1. The molecule has 1 saturated heterocycles. The lowest BCUT2D eigenvalue weighted by atomic mass is 10.0. The van der Waals surface area contributed by atoms with Crippen molar-refractivity contribution < 1.29 is 4.39 Å². The number of pyridine rings is 1. The van der Waals surface area contributed by atoms with E-state index in [0.29, 0.717) is 0 Å². The number of nitrogens with zero attached hydrogens (tertiary/aromatic N) is 3. The molecule has 2 aromatic heterocycles. The monoisotopic (exact) mass is 460 g/mol. The van der Waals surface area contributed by atoms with Gasteiger partial charge in [0.2, 0.25) is 0 Å². The number of nitrogens with one attached hydrogen (secondary N) is 1. The summed E-state index contributed by atoms with van der Waals surface area (Å²) in [5.74, 6) is 6.16. The Kier molecular flexibility index (Phi) is 5.44. The first-order valence-corrected chi connectivity index (χ1v) is 11.9. The van der Waals surface area contributed by atoms with Gasteiger partial charge in [-0.1, -0.05) is 30.0 Å². The molecule has 1 N–H and O–H groups in total. The fourth-order valence-corrected chi connectivity index (χ4v) is 4.70. The van der Waals surface area contributed by atoms with Crippen LogP contribution < -0.4 is 4.90 Å². The summed E-state index contributed by atoms with van der Waals surface area (Å²) in [6.07, 6.45) is 1.77. The van der Waals surface area contributed by atoms with E-state index in [0.717, 1.165) is 64.8 Å². The van der Waals surface area contributed by atoms with E-state index in [4.69, 9.17) is 0 Å². The van der Waals surface area contributed by atoms with Crippen LogP contribution in [-0.2, 0) is 0 Å². The first-order valence-electron chi connectivity index (χ1n) is 11.9. The number of H-pyrrole nitrogens is 1. The summed E-state index contributed by atoms with van der Waals surface area (Å²) < 4.78 is 13.2. The molecule has 0 bridgehead atoms. The van der Waals surface area contributed by atoms with Crippen molar-refractivity contribution >= 4 is 27.6 Å². The molecule has 0 radical (unpaired) electrons. The van der Waals surface area contributed by atoms with E-state index in [1.165, 1.54) is 23.4 Å². The Hall–Kier alpha value is -4.14. The van der Waals surface area contributed by atoms with Crippen LogP contribution in [0.1, 0.15) is 11.1 Å². The van der Waals surface area contributed by atoms with Gasteiger partial charge < -0.3 is 14.8 Å². The van der Waals surface area contributed by atoms with Crippen molar-refractivity contribution in [2.75, 3.05) is 38.1 Å². The third kappa shape index (κ3) is 4.25. The Morgan fingerprint density at radius 1 is 0.829 bits per heavy atom. The molecule has 0 atom stereocenters. The highest BCUT2D eigenvalue weighted by atomic mass is 19.1. The molecule has 3 aromatic carbocycles. The summed E-state index contributed by atoms with van der Waals surface area (Å²) in [5.41, 5.74) is 7.13. The van der Waals surface area contributed by atoms with E-state index in [1.54, 1.807) is 18.3 Å². The van der Waals surface area contributed by atoms with Crippen molar-refractivity contribution in [2.45, 2.75) is 0 Å². The molecule has 0 aliphatic carbocycles. The average molecular weight is 461 g/mol. The molecule has 3 heterocycles. The number of fused-ring (bicyclic) bond motifs is 3. The second-order valence-corrected chi connectivity index (χ2v) is 9.06. The molecule has 0 unspecified atom stereocenters. The Balaban J connectivity index is 1.36. The summed E-state index contributed by atoms with van der Waals surface area (Å²) in [6.45, 7) is 4.32. The van der Waals surface area contributed by atoms with Crippen LogP contribution in [0.3, 0.4) is 0 Å². The van der Waals surface area contributed by atoms with E-state index in [2.05, 4.69) is 81.1 Å². The predicted octanol–water partition coefficient (Wildman–Crippen LogP) is 5.67. The van der Waals surface area contributed by atoms with Gasteiger partial charge in [0, 0.05) is 65.5 Å². The maximum absolute atomic E-state index is 13.2. The number of hydrogen-bond donors (Lipinski definition) is 1. The van der Waals surface area contributed by atoms with Gasteiger partial charge in [-0.05, 0) is 72.8 Å². The van der Waals surface area contributed by atoms with E-state index in [-0.39, 0.29) is 5.82 Å². The molecule has 1 aliphatic heterocycles. The molecule has 0 spiro atoms. The Bertz CT molecular complexity index is 1570. The Morgan fingerprint density at radius 2 is 1.57 bits per heavy atom. The van der Waals surface area contributed by atoms with Crippen LogP contribution in [0.2, 0.25) is 0 Å². The summed E-state index contributed by atoms with van der Waals surface area (Å²) in [5, 5.41) is 2.10. The van der Waals surface area contributed by atoms with Gasteiger partial charge in [-0.2, -0.15) is 0 Å². The molecular weight excluding hydrogens is 435 g/mol. The van der Waals surface area contributed by atoms with E-state index < -0.39 is 0 Å². The first-order chi connectivity index (χ1) is 17.1. The minimum Gasteiger partial charge on any atom is -0.369 e. The fourth-order valence-electron chi connectivity index (χ4n) is 4.70. The van der Waals surface area contributed by atoms with E-state index in [1.807, 2.05) is 6.07 Å². The highest BCUT2D eigenvalue weighted by Gasteiger charge is 2.15. The van der Waals surface area contributed by atoms with Crippen LogP contribution >= 0.6 is 0 Å². The lowest BCUT2D eigenvalue weighted by Crippen LogP contribution is -2.44. The molecule has 6 rings (SSSR count). The number of halogens is 1. The number of rotatable bonds is 2. The van der Waals surface area contributed by atoms with Gasteiger partial charge >= 0.3 is 0 Å². The first kappa shape index (κ1) is 21.4. The third-order valence-corrected chi connectivity index (χ3v) is 6.75. The highest BCUT2D eigenvalue weighted by Crippen LogP contribution is 2.32. The number of hydrogen-bond acceptors (Lipinski definition) is 3. The largest absolute Gasteiger partial charge is 0.369 e. The van der Waals surface area contributed by atoms with E-state index >= 15 is 0 Å². The molecule has 172 valence electrons. The number of benzene rings is 3. The third-order valence-electron chi connectivity index (χ3n) is 6.75. The molecule has 0 amide bonds. The molecule has 0 saturated carbocycles. The number of aromatic nitrogens is 2. The quantitative estimate of drug-likeness (QED) is 0.345. The van der Waals surface area contributed by atoms with Crippen molar-refractivity contribution in [2.24, 2.45) is 0 Å². The molecular formula is C30H25FN4. The SMILES string of the molecule is CN1CCN(c2ccc(-c3ccc4[nH]c5nccc(C#Cc6ccc(F)cc6)c5c4c3)cc2)CC1. The zero-order chi connectivity index (χ0) is 23.8. The number of likely N-dealkylation sites (N-methyl/N-ethyl adjacent to an activating group) is 1. The second-order valence-electron chi connectivity index (χ2n) is 9.06. The van der Waals surface area contributed by atoms with Gasteiger partial charge in [-0.15, -0.1) is 0 Å². The maximum Gasteiger partial charge on any atom is 0.139 e. The second kappa shape index (κ2) is 8.90. The Morgan fingerprint density at radius 3 is 2.34 bits per heavy atom. The van der Waals surface area contributed by atoms with Crippen LogP contribution in [-0.4, -0.2) is 48.1 Å². The van der Waals surface area contributed by atoms with Crippen molar-refractivity contribution in [3.8, 4) is 23.0 Å². The normalized spacial score (nSPS) is 14.3. The van der Waals surface area contributed by atoms with Gasteiger partial charge in [0.25, 0.3) is 0 Å². The van der Waals surface area contributed by atoms with Gasteiger partial charge in [-0.3, -0.25) is 0 Å². The lowest BCUT2D eigenvalue weighted by molar-refractivity contribution is 0.313. The minimum absolute atomic E-state index is 0.262. The summed E-state index contributed by atoms with van der Waals surface area (Å²) in [7, 11) is 2.18. The van der Waals surface area contributed by atoms with Gasteiger partial charge in [0.05, 0.1) is 0 Å². The van der Waals surface area contributed by atoms with Crippen LogP contribution in [0.5, 0.6) is 0 Å². The van der Waals surface area contributed by atoms with Crippen molar-refractivity contribution in [1.82, 2.24) is 14.9 Å². The molecule has 35 heavy (non-hydrogen) atoms. The summed E-state index contributed by atoms with van der Waals surface area (Å²) in [6, 6.07) is 23.5. The minimum atomic E-state index is -0.262. The van der Waals surface area contributed by atoms with Gasteiger partial charge in [0.1, 0.15) is 11.5 Å². The molecule has 1 fully saturated rings. The Labute approximate surface area is 204 Å². The number of piperazine rings is 1. The van der Waals surface area contributed by atoms with Crippen molar-refractivity contribution in [3.05, 3.63) is 95.9 Å². The van der Waals surface area contributed by atoms with Crippen LogP contribution in [0, 0.1) is 17.7 Å².